The zero-order valence-corrected chi connectivity index (χ0v) is 18.4. The largest absolute Gasteiger partial charge is 0.371 e. The molecular formula is C23H26N4O3S. The highest BCUT2D eigenvalue weighted by Gasteiger charge is 2.26. The van der Waals surface area contributed by atoms with Crippen LogP contribution in [0.2, 0.25) is 0 Å². The number of benzene rings is 2. The lowest BCUT2D eigenvalue weighted by molar-refractivity contribution is 0.0931. The van der Waals surface area contributed by atoms with E-state index in [1.807, 2.05) is 30.3 Å². The molecule has 8 heteroatoms. The van der Waals surface area contributed by atoms with Gasteiger partial charge < -0.3 is 10.2 Å². The average Bonchev–Trinajstić information content (AvgIpc) is 2.78. The predicted molar refractivity (Wildman–Crippen MR) is 121 cm³/mol. The van der Waals surface area contributed by atoms with Crippen LogP contribution in [0.1, 0.15) is 40.7 Å². The number of hydrogen-bond donors (Lipinski definition) is 1. The molecule has 0 aromatic heterocycles. The lowest BCUT2D eigenvalue weighted by Crippen LogP contribution is -2.44. The molecule has 0 radical (unpaired) electrons. The summed E-state index contributed by atoms with van der Waals surface area (Å²) in [5.41, 5.74) is 3.90. The van der Waals surface area contributed by atoms with Crippen molar-refractivity contribution in [1.82, 2.24) is 5.32 Å². The van der Waals surface area contributed by atoms with Crippen molar-refractivity contribution in [1.29, 1.82) is 5.26 Å². The van der Waals surface area contributed by atoms with E-state index in [0.717, 1.165) is 50.0 Å². The molecule has 2 aliphatic heterocycles. The number of carbonyl (C=O) groups excluding carboxylic acids is 1. The highest BCUT2D eigenvalue weighted by molar-refractivity contribution is 7.92. The summed E-state index contributed by atoms with van der Waals surface area (Å²) in [7, 11) is -3.31. The Balaban J connectivity index is 1.38. The number of sulfonamides is 1. The SMILES string of the molecule is CS(=O)(=O)N1CCCc2cc(C(=O)NC3CCN(c4ccc(C#N)cc4)CC3)ccc21. The minimum atomic E-state index is -3.31. The van der Waals surface area contributed by atoms with Crippen molar-refractivity contribution in [3.8, 4) is 6.07 Å². The van der Waals surface area contributed by atoms with E-state index in [2.05, 4.69) is 16.3 Å². The summed E-state index contributed by atoms with van der Waals surface area (Å²) in [5.74, 6) is -0.115. The number of carbonyl (C=O) groups is 1. The quantitative estimate of drug-likeness (QED) is 0.792. The van der Waals surface area contributed by atoms with E-state index in [-0.39, 0.29) is 11.9 Å². The first-order valence-electron chi connectivity index (χ1n) is 10.5. The lowest BCUT2D eigenvalue weighted by atomic mass is 9.99. The van der Waals surface area contributed by atoms with E-state index in [1.165, 1.54) is 10.6 Å². The van der Waals surface area contributed by atoms with Crippen molar-refractivity contribution in [3.63, 3.8) is 0 Å². The standard InChI is InChI=1S/C23H26N4O3S/c1-31(29,30)27-12-2-3-18-15-19(6-9-22(18)27)23(28)25-20-10-13-26(14-11-20)21-7-4-17(16-24)5-8-21/h4-9,15,20H,2-3,10-14H2,1H3,(H,25,28). The van der Waals surface area contributed by atoms with Gasteiger partial charge in [0.05, 0.1) is 23.6 Å². The first kappa shape index (κ1) is 21.2. The van der Waals surface area contributed by atoms with Gasteiger partial charge in [-0.2, -0.15) is 5.26 Å². The topological polar surface area (TPSA) is 93.5 Å². The molecule has 2 heterocycles. The molecule has 31 heavy (non-hydrogen) atoms. The molecule has 0 aliphatic carbocycles. The van der Waals surface area contributed by atoms with Crippen LogP contribution in [0.25, 0.3) is 0 Å². The smallest absolute Gasteiger partial charge is 0.251 e. The van der Waals surface area contributed by atoms with E-state index in [1.54, 1.807) is 12.1 Å². The third-order valence-corrected chi connectivity index (χ3v) is 7.19. The number of nitrogens with one attached hydrogen (secondary N) is 1. The van der Waals surface area contributed by atoms with Gasteiger partial charge in [-0.3, -0.25) is 9.10 Å². The zero-order chi connectivity index (χ0) is 22.0. The first-order chi connectivity index (χ1) is 14.8. The van der Waals surface area contributed by atoms with Gasteiger partial charge in [0, 0.05) is 36.9 Å². The molecule has 2 aliphatic rings. The summed E-state index contributed by atoms with van der Waals surface area (Å²) in [4.78, 5) is 15.1. The van der Waals surface area contributed by atoms with E-state index >= 15 is 0 Å². The number of nitriles is 1. The molecule has 1 N–H and O–H groups in total. The lowest BCUT2D eigenvalue weighted by Gasteiger charge is -2.34. The molecule has 2 aromatic carbocycles. The van der Waals surface area contributed by atoms with Gasteiger partial charge in [0.15, 0.2) is 0 Å². The molecule has 1 amide bonds. The van der Waals surface area contributed by atoms with Crippen LogP contribution in [0.5, 0.6) is 0 Å². The number of anilines is 2. The van der Waals surface area contributed by atoms with E-state index < -0.39 is 10.0 Å². The molecule has 1 fully saturated rings. The van der Waals surface area contributed by atoms with Gasteiger partial charge in [0.1, 0.15) is 0 Å². The van der Waals surface area contributed by atoms with Gasteiger partial charge in [-0.25, -0.2) is 8.42 Å². The highest BCUT2D eigenvalue weighted by atomic mass is 32.2. The van der Waals surface area contributed by atoms with Crippen molar-refractivity contribution >= 4 is 27.3 Å². The van der Waals surface area contributed by atoms with Gasteiger partial charge in [0.25, 0.3) is 5.91 Å². The molecular weight excluding hydrogens is 412 g/mol. The maximum Gasteiger partial charge on any atom is 0.251 e. The number of aryl methyl sites for hydroxylation is 1. The molecule has 1 saturated heterocycles. The Labute approximate surface area is 183 Å². The minimum Gasteiger partial charge on any atom is -0.371 e. The van der Waals surface area contributed by atoms with Crippen LogP contribution in [0.4, 0.5) is 11.4 Å². The molecule has 0 unspecified atom stereocenters. The maximum absolute atomic E-state index is 12.8. The minimum absolute atomic E-state index is 0.102. The van der Waals surface area contributed by atoms with E-state index in [9.17, 15) is 13.2 Å². The van der Waals surface area contributed by atoms with Crippen molar-refractivity contribution < 1.29 is 13.2 Å². The first-order valence-corrected chi connectivity index (χ1v) is 12.4. The fourth-order valence-electron chi connectivity index (χ4n) is 4.35. The number of amides is 1. The molecule has 7 nitrogen and oxygen atoms in total. The maximum atomic E-state index is 12.8. The van der Waals surface area contributed by atoms with Crippen LogP contribution in [0, 0.1) is 11.3 Å². The third kappa shape index (κ3) is 4.67. The second-order valence-electron chi connectivity index (χ2n) is 8.18. The van der Waals surface area contributed by atoms with Crippen molar-refractivity contribution in [2.75, 3.05) is 35.1 Å². The van der Waals surface area contributed by atoms with Gasteiger partial charge in [0.2, 0.25) is 10.0 Å². The van der Waals surface area contributed by atoms with Gasteiger partial charge in [-0.15, -0.1) is 0 Å². The summed E-state index contributed by atoms with van der Waals surface area (Å²) < 4.78 is 25.5. The van der Waals surface area contributed by atoms with Gasteiger partial charge in [-0.1, -0.05) is 0 Å². The Morgan fingerprint density at radius 2 is 1.81 bits per heavy atom. The summed E-state index contributed by atoms with van der Waals surface area (Å²) in [5, 5.41) is 12.1. The number of nitrogens with zero attached hydrogens (tertiary/aromatic N) is 3. The van der Waals surface area contributed by atoms with Crippen LogP contribution in [0.15, 0.2) is 42.5 Å². The number of hydrogen-bond acceptors (Lipinski definition) is 5. The monoisotopic (exact) mass is 438 g/mol. The predicted octanol–water partition coefficient (Wildman–Crippen LogP) is 2.67. The van der Waals surface area contributed by atoms with Crippen LogP contribution in [-0.4, -0.2) is 46.3 Å². The van der Waals surface area contributed by atoms with Crippen molar-refractivity contribution in [2.45, 2.75) is 31.7 Å². The Morgan fingerprint density at radius 1 is 1.10 bits per heavy atom. The van der Waals surface area contributed by atoms with Crippen molar-refractivity contribution in [3.05, 3.63) is 59.2 Å². The van der Waals surface area contributed by atoms with Crippen LogP contribution >= 0.6 is 0 Å². The summed E-state index contributed by atoms with van der Waals surface area (Å²) in [6, 6.07) is 15.1. The summed E-state index contributed by atoms with van der Waals surface area (Å²) in [6.45, 7) is 2.16. The molecule has 2 aromatic rings. The molecule has 0 saturated carbocycles. The van der Waals surface area contributed by atoms with Crippen LogP contribution in [0.3, 0.4) is 0 Å². The molecule has 0 atom stereocenters. The van der Waals surface area contributed by atoms with Crippen LogP contribution < -0.4 is 14.5 Å². The van der Waals surface area contributed by atoms with Gasteiger partial charge in [-0.05, 0) is 73.7 Å². The Morgan fingerprint density at radius 3 is 2.45 bits per heavy atom. The Bertz CT molecular complexity index is 1110. The normalized spacial score (nSPS) is 17.0. The summed E-state index contributed by atoms with van der Waals surface area (Å²) >= 11 is 0. The molecule has 4 rings (SSSR count). The van der Waals surface area contributed by atoms with E-state index in [0.29, 0.717) is 23.4 Å². The van der Waals surface area contributed by atoms with Gasteiger partial charge >= 0.3 is 0 Å². The third-order valence-electron chi connectivity index (χ3n) is 6.01. The Hall–Kier alpha value is -3.05. The number of piperidine rings is 1. The Kier molecular flexibility index (Phi) is 5.88. The second-order valence-corrected chi connectivity index (χ2v) is 10.1. The molecule has 162 valence electrons. The number of fused-ring (bicyclic) bond motifs is 1. The molecule has 0 spiro atoms. The fraction of sp³-hybridized carbons (Fsp3) is 0.391. The average molecular weight is 439 g/mol. The fourth-order valence-corrected chi connectivity index (χ4v) is 5.34. The van der Waals surface area contributed by atoms with E-state index in [4.69, 9.17) is 5.26 Å². The second kappa shape index (κ2) is 8.60. The van der Waals surface area contributed by atoms with Crippen molar-refractivity contribution in [2.24, 2.45) is 0 Å². The summed E-state index contributed by atoms with van der Waals surface area (Å²) in [6.07, 6.45) is 4.43. The highest BCUT2D eigenvalue weighted by Crippen LogP contribution is 2.30. The zero-order valence-electron chi connectivity index (χ0n) is 17.5. The molecule has 0 bridgehead atoms. The van der Waals surface area contributed by atoms with Crippen LogP contribution in [-0.2, 0) is 16.4 Å². The number of rotatable bonds is 4.